The predicted octanol–water partition coefficient (Wildman–Crippen LogP) is 3.08. The van der Waals surface area contributed by atoms with Gasteiger partial charge in [-0.2, -0.15) is 0 Å². The molecule has 6 heteroatoms. The number of hydrogen-bond acceptors (Lipinski definition) is 4. The molecule has 0 atom stereocenters. The molecule has 2 N–H and O–H groups in total. The van der Waals surface area contributed by atoms with E-state index in [1.807, 2.05) is 18.2 Å². The van der Waals surface area contributed by atoms with Crippen molar-refractivity contribution in [2.24, 2.45) is 0 Å². The normalized spacial score (nSPS) is 9.73. The number of hydrogen-bond donors (Lipinski definition) is 2. The second kappa shape index (κ2) is 7.42. The lowest BCUT2D eigenvalue weighted by atomic mass is 10.2. The van der Waals surface area contributed by atoms with Crippen molar-refractivity contribution in [3.63, 3.8) is 0 Å². The van der Waals surface area contributed by atoms with Gasteiger partial charge < -0.3 is 20.1 Å². The quantitative estimate of drug-likeness (QED) is 0.849. The van der Waals surface area contributed by atoms with Crippen molar-refractivity contribution < 1.29 is 14.3 Å². The van der Waals surface area contributed by atoms with Crippen LogP contribution in [0.25, 0.3) is 0 Å². The molecule has 0 unspecified atom stereocenters. The van der Waals surface area contributed by atoms with Crippen molar-refractivity contribution in [1.29, 1.82) is 0 Å². The van der Waals surface area contributed by atoms with Crippen molar-refractivity contribution in [3.8, 4) is 11.5 Å². The largest absolute Gasteiger partial charge is 0.495 e. The summed E-state index contributed by atoms with van der Waals surface area (Å²) >= 11 is 5.13. The van der Waals surface area contributed by atoms with E-state index < -0.39 is 5.91 Å². The minimum absolute atomic E-state index is 0.0374. The van der Waals surface area contributed by atoms with Crippen LogP contribution in [0, 0.1) is 0 Å². The van der Waals surface area contributed by atoms with Gasteiger partial charge in [0.15, 0.2) is 4.99 Å². The summed E-state index contributed by atoms with van der Waals surface area (Å²) in [6.07, 6.45) is 0. The summed E-state index contributed by atoms with van der Waals surface area (Å²) in [6, 6.07) is 14.3. The Balaban J connectivity index is 2.08. The summed E-state index contributed by atoms with van der Waals surface area (Å²) in [6.45, 7) is 0. The Kier molecular flexibility index (Phi) is 5.32. The SMILES string of the molecule is COc1ccccc1NC(=O)C(=S)Nc1ccccc1OC. The molecule has 0 fully saturated rings. The number of thiocarbonyl (C=S) groups is 1. The summed E-state index contributed by atoms with van der Waals surface area (Å²) in [5.74, 6) is 0.747. The molecule has 0 radical (unpaired) electrons. The number of ether oxygens (including phenoxy) is 2. The van der Waals surface area contributed by atoms with Gasteiger partial charge in [-0.15, -0.1) is 0 Å². The van der Waals surface area contributed by atoms with Gasteiger partial charge in [-0.1, -0.05) is 36.5 Å². The average Bonchev–Trinajstić information content (AvgIpc) is 2.55. The van der Waals surface area contributed by atoms with Crippen LogP contribution in [-0.4, -0.2) is 25.1 Å². The number of carbonyl (C=O) groups is 1. The first kappa shape index (κ1) is 15.8. The van der Waals surface area contributed by atoms with Gasteiger partial charge >= 0.3 is 0 Å². The highest BCUT2D eigenvalue weighted by Gasteiger charge is 2.13. The standard InChI is InChI=1S/C16H16N2O3S/c1-20-13-9-5-3-7-11(13)17-15(19)16(22)18-12-8-4-6-10-14(12)21-2/h3-10H,1-2H3,(H,17,19)(H,18,22). The molecule has 0 aliphatic carbocycles. The van der Waals surface area contributed by atoms with E-state index in [9.17, 15) is 4.79 Å². The van der Waals surface area contributed by atoms with Crippen molar-refractivity contribution >= 4 is 34.5 Å². The van der Waals surface area contributed by atoms with Gasteiger partial charge in [-0.05, 0) is 24.3 Å². The molecule has 5 nitrogen and oxygen atoms in total. The Morgan fingerprint density at radius 1 is 0.864 bits per heavy atom. The first-order chi connectivity index (χ1) is 10.7. The molecular weight excluding hydrogens is 300 g/mol. The van der Waals surface area contributed by atoms with Gasteiger partial charge in [-0.25, -0.2) is 0 Å². The summed E-state index contributed by atoms with van der Waals surface area (Å²) in [4.78, 5) is 12.2. The van der Waals surface area contributed by atoms with Gasteiger partial charge in [0.25, 0.3) is 5.91 Å². The van der Waals surface area contributed by atoms with Crippen LogP contribution in [-0.2, 0) is 4.79 Å². The number of para-hydroxylation sites is 4. The number of anilines is 2. The molecule has 2 aromatic rings. The van der Waals surface area contributed by atoms with Gasteiger partial charge in [-0.3, -0.25) is 4.79 Å². The molecule has 0 aliphatic rings. The molecule has 0 spiro atoms. The van der Waals surface area contributed by atoms with Crippen LogP contribution in [0.4, 0.5) is 11.4 Å². The molecule has 2 rings (SSSR count). The topological polar surface area (TPSA) is 59.6 Å². The van der Waals surface area contributed by atoms with E-state index in [1.54, 1.807) is 37.4 Å². The van der Waals surface area contributed by atoms with Crippen molar-refractivity contribution in [2.45, 2.75) is 0 Å². The molecule has 1 amide bonds. The molecule has 0 heterocycles. The summed E-state index contributed by atoms with van der Waals surface area (Å²) in [5, 5.41) is 5.58. The number of benzene rings is 2. The van der Waals surface area contributed by atoms with Gasteiger partial charge in [0.2, 0.25) is 0 Å². The lowest BCUT2D eigenvalue weighted by Gasteiger charge is -2.13. The predicted molar refractivity (Wildman–Crippen MR) is 90.8 cm³/mol. The molecule has 114 valence electrons. The van der Waals surface area contributed by atoms with Crippen LogP contribution in [0.1, 0.15) is 0 Å². The second-order valence-corrected chi connectivity index (χ2v) is 4.72. The van der Waals surface area contributed by atoms with Crippen LogP contribution >= 0.6 is 12.2 Å². The monoisotopic (exact) mass is 316 g/mol. The smallest absolute Gasteiger partial charge is 0.283 e. The highest BCUT2D eigenvalue weighted by molar-refractivity contribution is 7.82. The minimum Gasteiger partial charge on any atom is -0.495 e. The number of rotatable bonds is 4. The zero-order valence-corrected chi connectivity index (χ0v) is 13.1. The minimum atomic E-state index is -0.426. The molecule has 0 bridgehead atoms. The van der Waals surface area contributed by atoms with Gasteiger partial charge in [0.05, 0.1) is 25.6 Å². The fourth-order valence-electron chi connectivity index (χ4n) is 1.85. The lowest BCUT2D eigenvalue weighted by molar-refractivity contribution is -0.110. The van der Waals surface area contributed by atoms with Crippen LogP contribution in [0.3, 0.4) is 0 Å². The van der Waals surface area contributed by atoms with Crippen molar-refractivity contribution in [3.05, 3.63) is 48.5 Å². The second-order valence-electron chi connectivity index (χ2n) is 4.31. The highest BCUT2D eigenvalue weighted by atomic mass is 32.1. The zero-order chi connectivity index (χ0) is 15.9. The van der Waals surface area contributed by atoms with Crippen LogP contribution in [0.15, 0.2) is 48.5 Å². The maximum atomic E-state index is 12.2. The van der Waals surface area contributed by atoms with E-state index >= 15 is 0 Å². The first-order valence-corrected chi connectivity index (χ1v) is 6.95. The van der Waals surface area contributed by atoms with Crippen LogP contribution < -0.4 is 20.1 Å². The molecular formula is C16H16N2O3S. The third-order valence-electron chi connectivity index (χ3n) is 2.92. The van der Waals surface area contributed by atoms with E-state index in [-0.39, 0.29) is 4.99 Å². The maximum absolute atomic E-state index is 12.2. The fraction of sp³-hybridized carbons (Fsp3) is 0.125. The fourth-order valence-corrected chi connectivity index (χ4v) is 2.01. The summed E-state index contributed by atoms with van der Waals surface area (Å²) in [5.41, 5.74) is 1.18. The van der Waals surface area contributed by atoms with Crippen molar-refractivity contribution in [2.75, 3.05) is 24.9 Å². The van der Waals surface area contributed by atoms with Crippen LogP contribution in [0.2, 0.25) is 0 Å². The number of methoxy groups -OCH3 is 2. The molecule has 0 aliphatic heterocycles. The zero-order valence-electron chi connectivity index (χ0n) is 12.3. The third kappa shape index (κ3) is 3.73. The molecule has 22 heavy (non-hydrogen) atoms. The molecule has 0 saturated carbocycles. The highest BCUT2D eigenvalue weighted by Crippen LogP contribution is 2.25. The van der Waals surface area contributed by atoms with E-state index in [4.69, 9.17) is 21.7 Å². The van der Waals surface area contributed by atoms with E-state index in [1.165, 1.54) is 7.11 Å². The van der Waals surface area contributed by atoms with E-state index in [0.717, 1.165) is 0 Å². The Hall–Kier alpha value is -2.60. The summed E-state index contributed by atoms with van der Waals surface area (Å²) < 4.78 is 10.4. The average molecular weight is 316 g/mol. The molecule has 0 aromatic heterocycles. The number of carbonyl (C=O) groups excluding carboxylic acids is 1. The molecule has 0 saturated heterocycles. The first-order valence-electron chi connectivity index (χ1n) is 6.54. The Labute approximate surface area is 134 Å². The van der Waals surface area contributed by atoms with Gasteiger partial charge in [0.1, 0.15) is 11.5 Å². The number of nitrogens with one attached hydrogen (secondary N) is 2. The van der Waals surface area contributed by atoms with Crippen molar-refractivity contribution in [1.82, 2.24) is 0 Å². The van der Waals surface area contributed by atoms with Crippen LogP contribution in [0.5, 0.6) is 11.5 Å². The third-order valence-corrected chi connectivity index (χ3v) is 3.20. The van der Waals surface area contributed by atoms with Gasteiger partial charge in [0, 0.05) is 0 Å². The Morgan fingerprint density at radius 2 is 1.32 bits per heavy atom. The lowest BCUT2D eigenvalue weighted by Crippen LogP contribution is -2.27. The molecule has 2 aromatic carbocycles. The maximum Gasteiger partial charge on any atom is 0.283 e. The Morgan fingerprint density at radius 3 is 1.82 bits per heavy atom. The summed E-state index contributed by atoms with van der Waals surface area (Å²) in [7, 11) is 3.09. The number of amides is 1. The van der Waals surface area contributed by atoms with E-state index in [2.05, 4.69) is 10.6 Å². The Bertz CT molecular complexity index is 629. The van der Waals surface area contributed by atoms with E-state index in [0.29, 0.717) is 22.9 Å².